The van der Waals surface area contributed by atoms with E-state index in [-0.39, 0.29) is 0 Å². The summed E-state index contributed by atoms with van der Waals surface area (Å²) in [4.78, 5) is 7.43. The lowest BCUT2D eigenvalue weighted by Gasteiger charge is -2.36. The second-order valence-corrected chi connectivity index (χ2v) is 6.80. The van der Waals surface area contributed by atoms with Crippen molar-refractivity contribution in [1.29, 1.82) is 0 Å². The van der Waals surface area contributed by atoms with Crippen LogP contribution in [0.25, 0.3) is 5.82 Å². The fraction of sp³-hybridized carbons (Fsp3) is 0.550. The molecule has 23 heavy (non-hydrogen) atoms. The third-order valence-electron chi connectivity index (χ3n) is 5.07. The van der Waals surface area contributed by atoms with E-state index in [0.29, 0.717) is 6.04 Å². The molecular formula is C20H29N3. The number of pyridine rings is 1. The minimum Gasteiger partial charge on any atom is -0.303 e. The van der Waals surface area contributed by atoms with Gasteiger partial charge >= 0.3 is 0 Å². The molecule has 3 heterocycles. The van der Waals surface area contributed by atoms with Crippen molar-refractivity contribution < 1.29 is 0 Å². The number of hydrogen-bond donors (Lipinski definition) is 0. The van der Waals surface area contributed by atoms with Gasteiger partial charge in [-0.2, -0.15) is 0 Å². The third kappa shape index (κ3) is 3.50. The normalized spacial score (nSPS) is 19.2. The van der Waals surface area contributed by atoms with E-state index in [0.717, 1.165) is 5.82 Å². The summed E-state index contributed by atoms with van der Waals surface area (Å²) in [7, 11) is 0. The van der Waals surface area contributed by atoms with Crippen molar-refractivity contribution in [2.75, 3.05) is 13.1 Å². The van der Waals surface area contributed by atoms with Crippen molar-refractivity contribution in [3.8, 4) is 5.82 Å². The van der Waals surface area contributed by atoms with Crippen LogP contribution in [0.15, 0.2) is 30.5 Å². The Balaban J connectivity index is 1.80. The van der Waals surface area contributed by atoms with Crippen LogP contribution in [-0.4, -0.2) is 27.5 Å². The van der Waals surface area contributed by atoms with Gasteiger partial charge in [-0.05, 0) is 70.0 Å². The molecule has 0 amide bonds. The van der Waals surface area contributed by atoms with E-state index in [2.05, 4.69) is 60.7 Å². The molecule has 3 rings (SSSR count). The molecule has 1 saturated heterocycles. The lowest BCUT2D eigenvalue weighted by molar-refractivity contribution is 0.146. The van der Waals surface area contributed by atoms with Crippen LogP contribution in [0, 0.1) is 13.8 Å². The van der Waals surface area contributed by atoms with Crippen molar-refractivity contribution in [3.63, 3.8) is 0 Å². The predicted molar refractivity (Wildman–Crippen MR) is 96.1 cm³/mol. The van der Waals surface area contributed by atoms with Crippen molar-refractivity contribution in [1.82, 2.24) is 14.5 Å². The molecule has 1 fully saturated rings. The number of hydrogen-bond acceptors (Lipinski definition) is 2. The highest BCUT2D eigenvalue weighted by molar-refractivity contribution is 5.33. The second kappa shape index (κ2) is 7.31. The average molecular weight is 311 g/mol. The third-order valence-corrected chi connectivity index (χ3v) is 5.07. The fourth-order valence-electron chi connectivity index (χ4n) is 3.75. The number of nitrogens with zero attached hydrogens (tertiary/aromatic N) is 3. The highest BCUT2D eigenvalue weighted by Crippen LogP contribution is 2.31. The van der Waals surface area contributed by atoms with Crippen molar-refractivity contribution in [2.24, 2.45) is 0 Å². The van der Waals surface area contributed by atoms with Crippen LogP contribution in [0.5, 0.6) is 0 Å². The topological polar surface area (TPSA) is 21.1 Å². The minimum absolute atomic E-state index is 0.559. The van der Waals surface area contributed by atoms with E-state index in [1.807, 2.05) is 0 Å². The molecular weight excluding hydrogens is 282 g/mol. The Bertz CT molecular complexity index is 607. The van der Waals surface area contributed by atoms with E-state index in [4.69, 9.17) is 4.98 Å². The SMILES string of the molecule is CCCCN1CCCC[C@@H]1c1ccc(-n2c(C)ccc2C)nc1. The number of likely N-dealkylation sites (tertiary alicyclic amines) is 1. The summed E-state index contributed by atoms with van der Waals surface area (Å²) in [5.74, 6) is 1.03. The first-order chi connectivity index (χ1) is 11.2. The zero-order chi connectivity index (χ0) is 16.2. The van der Waals surface area contributed by atoms with Crippen LogP contribution < -0.4 is 0 Å². The Morgan fingerprint density at radius 2 is 1.87 bits per heavy atom. The van der Waals surface area contributed by atoms with E-state index in [1.54, 1.807) is 0 Å². The van der Waals surface area contributed by atoms with Crippen LogP contribution in [0.4, 0.5) is 0 Å². The van der Waals surface area contributed by atoms with Crippen molar-refractivity contribution >= 4 is 0 Å². The summed E-state index contributed by atoms with van der Waals surface area (Å²) in [5, 5.41) is 0. The van der Waals surface area contributed by atoms with Crippen LogP contribution in [0.3, 0.4) is 0 Å². The molecule has 1 atom stereocenters. The lowest BCUT2D eigenvalue weighted by atomic mass is 9.96. The lowest BCUT2D eigenvalue weighted by Crippen LogP contribution is -2.34. The summed E-state index contributed by atoms with van der Waals surface area (Å²) in [6.07, 6.45) is 8.62. The first kappa shape index (κ1) is 16.3. The first-order valence-electron chi connectivity index (χ1n) is 9.06. The second-order valence-electron chi connectivity index (χ2n) is 6.80. The smallest absolute Gasteiger partial charge is 0.136 e. The molecule has 3 nitrogen and oxygen atoms in total. The van der Waals surface area contributed by atoms with E-state index in [1.165, 1.54) is 62.1 Å². The largest absolute Gasteiger partial charge is 0.303 e. The van der Waals surface area contributed by atoms with Crippen molar-refractivity contribution in [2.45, 2.75) is 58.9 Å². The molecule has 0 aliphatic carbocycles. The van der Waals surface area contributed by atoms with E-state index < -0.39 is 0 Å². The van der Waals surface area contributed by atoms with Crippen LogP contribution in [-0.2, 0) is 0 Å². The molecule has 3 heteroatoms. The number of aryl methyl sites for hydroxylation is 2. The van der Waals surface area contributed by atoms with Crippen LogP contribution in [0.2, 0.25) is 0 Å². The van der Waals surface area contributed by atoms with Gasteiger partial charge in [-0.15, -0.1) is 0 Å². The van der Waals surface area contributed by atoms with Crippen molar-refractivity contribution in [3.05, 3.63) is 47.4 Å². The Morgan fingerprint density at radius 3 is 2.52 bits per heavy atom. The molecule has 1 aliphatic heterocycles. The van der Waals surface area contributed by atoms with Gasteiger partial charge in [0.2, 0.25) is 0 Å². The van der Waals surface area contributed by atoms with Gasteiger partial charge in [0, 0.05) is 23.6 Å². The van der Waals surface area contributed by atoms with Gasteiger partial charge in [-0.25, -0.2) is 4.98 Å². The molecule has 0 radical (unpaired) electrons. The van der Waals surface area contributed by atoms with Gasteiger partial charge in [0.15, 0.2) is 0 Å². The predicted octanol–water partition coefficient (Wildman–Crippen LogP) is 4.82. The maximum atomic E-state index is 4.77. The Morgan fingerprint density at radius 1 is 1.09 bits per heavy atom. The minimum atomic E-state index is 0.559. The molecule has 1 aliphatic rings. The van der Waals surface area contributed by atoms with Gasteiger partial charge in [0.05, 0.1) is 0 Å². The monoisotopic (exact) mass is 311 g/mol. The highest BCUT2D eigenvalue weighted by atomic mass is 15.2. The number of unbranched alkanes of at least 4 members (excludes halogenated alkanes) is 1. The maximum absolute atomic E-state index is 4.77. The first-order valence-corrected chi connectivity index (χ1v) is 9.06. The van der Waals surface area contributed by atoms with E-state index >= 15 is 0 Å². The molecule has 124 valence electrons. The van der Waals surface area contributed by atoms with Crippen LogP contribution >= 0.6 is 0 Å². The maximum Gasteiger partial charge on any atom is 0.136 e. The van der Waals surface area contributed by atoms with Crippen LogP contribution in [0.1, 0.15) is 62.0 Å². The molecule has 0 spiro atoms. The molecule has 0 N–H and O–H groups in total. The Kier molecular flexibility index (Phi) is 5.16. The van der Waals surface area contributed by atoms with Gasteiger partial charge < -0.3 is 4.57 Å². The van der Waals surface area contributed by atoms with Gasteiger partial charge in [0.1, 0.15) is 5.82 Å². The zero-order valence-electron chi connectivity index (χ0n) is 14.8. The summed E-state index contributed by atoms with van der Waals surface area (Å²) in [6, 6.07) is 9.33. The summed E-state index contributed by atoms with van der Waals surface area (Å²) >= 11 is 0. The van der Waals surface area contributed by atoms with Gasteiger partial charge in [-0.1, -0.05) is 25.8 Å². The Hall–Kier alpha value is -1.61. The number of piperidine rings is 1. The molecule has 0 saturated carbocycles. The number of rotatable bonds is 5. The molecule has 0 unspecified atom stereocenters. The standard InChI is InChI=1S/C20H29N3/c1-4-5-13-22-14-7-6-8-19(22)18-11-12-20(21-15-18)23-16(2)9-10-17(23)3/h9-12,15,19H,4-8,13-14H2,1-3H3/t19-/m1/s1. The quantitative estimate of drug-likeness (QED) is 0.789. The zero-order valence-corrected chi connectivity index (χ0v) is 14.8. The Labute approximate surface area is 140 Å². The molecule has 0 aromatic carbocycles. The number of aromatic nitrogens is 2. The molecule has 2 aromatic heterocycles. The summed E-state index contributed by atoms with van der Waals surface area (Å²) in [5.41, 5.74) is 3.86. The van der Waals surface area contributed by atoms with Gasteiger partial charge in [0.25, 0.3) is 0 Å². The summed E-state index contributed by atoms with van der Waals surface area (Å²) < 4.78 is 2.22. The molecule has 0 bridgehead atoms. The highest BCUT2D eigenvalue weighted by Gasteiger charge is 2.23. The van der Waals surface area contributed by atoms with Gasteiger partial charge in [-0.3, -0.25) is 4.90 Å². The average Bonchev–Trinajstić information content (AvgIpc) is 2.92. The fourth-order valence-corrected chi connectivity index (χ4v) is 3.75. The molecule has 2 aromatic rings. The van der Waals surface area contributed by atoms with E-state index in [9.17, 15) is 0 Å². The summed E-state index contributed by atoms with van der Waals surface area (Å²) in [6.45, 7) is 9.00.